The topological polar surface area (TPSA) is 29.3 Å². The van der Waals surface area contributed by atoms with Crippen molar-refractivity contribution in [2.75, 3.05) is 26.7 Å². The van der Waals surface area contributed by atoms with E-state index in [1.54, 1.807) is 0 Å². The molecule has 0 aromatic heterocycles. The van der Waals surface area contributed by atoms with Crippen molar-refractivity contribution in [2.24, 2.45) is 17.1 Å². The van der Waals surface area contributed by atoms with E-state index in [4.69, 9.17) is 5.73 Å². The van der Waals surface area contributed by atoms with Crippen LogP contribution in [0.3, 0.4) is 0 Å². The third kappa shape index (κ3) is 2.98. The molecule has 2 nitrogen and oxygen atoms in total. The van der Waals surface area contributed by atoms with Crippen molar-refractivity contribution in [2.45, 2.75) is 51.4 Å². The molecule has 0 unspecified atom stereocenters. The summed E-state index contributed by atoms with van der Waals surface area (Å²) in [5, 5.41) is 0. The molecule has 0 radical (unpaired) electrons. The van der Waals surface area contributed by atoms with Gasteiger partial charge in [-0.15, -0.1) is 0 Å². The molecule has 2 heteroatoms. The van der Waals surface area contributed by atoms with Gasteiger partial charge in [0.1, 0.15) is 0 Å². The van der Waals surface area contributed by atoms with Crippen LogP contribution in [0.25, 0.3) is 0 Å². The van der Waals surface area contributed by atoms with Crippen molar-refractivity contribution >= 4 is 0 Å². The Kier molecular flexibility index (Phi) is 4.26. The smallest absolute Gasteiger partial charge is 0.000661 e. The van der Waals surface area contributed by atoms with Gasteiger partial charge in [0.05, 0.1) is 0 Å². The average molecular weight is 224 g/mol. The molecule has 0 heterocycles. The summed E-state index contributed by atoms with van der Waals surface area (Å²) in [6, 6.07) is 0. The van der Waals surface area contributed by atoms with Crippen LogP contribution in [0.1, 0.15) is 51.4 Å². The molecule has 0 aromatic carbocycles. The lowest BCUT2D eigenvalue weighted by Gasteiger charge is -2.42. The minimum atomic E-state index is 0.532. The van der Waals surface area contributed by atoms with Gasteiger partial charge in [-0.05, 0) is 63.6 Å². The fourth-order valence-corrected chi connectivity index (χ4v) is 3.39. The molecule has 0 atom stereocenters. The Morgan fingerprint density at radius 3 is 2.38 bits per heavy atom. The largest absolute Gasteiger partial charge is 0.330 e. The Morgan fingerprint density at radius 2 is 1.88 bits per heavy atom. The Hall–Kier alpha value is -0.0800. The molecular formula is C14H28N2. The van der Waals surface area contributed by atoms with Gasteiger partial charge in [-0.3, -0.25) is 0 Å². The Balaban J connectivity index is 1.64. The monoisotopic (exact) mass is 224 g/mol. The van der Waals surface area contributed by atoms with Gasteiger partial charge in [-0.1, -0.05) is 19.3 Å². The molecule has 0 amide bonds. The van der Waals surface area contributed by atoms with E-state index in [0.29, 0.717) is 5.41 Å². The lowest BCUT2D eigenvalue weighted by Crippen LogP contribution is -2.40. The highest BCUT2D eigenvalue weighted by Gasteiger charge is 2.35. The van der Waals surface area contributed by atoms with Crippen molar-refractivity contribution in [1.82, 2.24) is 4.90 Å². The zero-order valence-electron chi connectivity index (χ0n) is 10.9. The summed E-state index contributed by atoms with van der Waals surface area (Å²) in [5.41, 5.74) is 6.43. The van der Waals surface area contributed by atoms with Crippen molar-refractivity contribution < 1.29 is 0 Å². The van der Waals surface area contributed by atoms with E-state index in [2.05, 4.69) is 11.9 Å². The summed E-state index contributed by atoms with van der Waals surface area (Å²) in [7, 11) is 2.29. The zero-order valence-corrected chi connectivity index (χ0v) is 10.9. The third-order valence-corrected chi connectivity index (χ3v) is 4.92. The molecule has 0 aliphatic heterocycles. The minimum absolute atomic E-state index is 0.532. The number of nitrogens with two attached hydrogens (primary N) is 1. The van der Waals surface area contributed by atoms with Crippen LogP contribution in [-0.4, -0.2) is 31.6 Å². The average Bonchev–Trinajstić information content (AvgIpc) is 2.69. The van der Waals surface area contributed by atoms with Crippen LogP contribution in [0.15, 0.2) is 0 Å². The summed E-state index contributed by atoms with van der Waals surface area (Å²) >= 11 is 0. The maximum absolute atomic E-state index is 5.90. The molecule has 0 aromatic rings. The van der Waals surface area contributed by atoms with Gasteiger partial charge in [-0.25, -0.2) is 0 Å². The number of rotatable bonds is 6. The van der Waals surface area contributed by atoms with Crippen LogP contribution < -0.4 is 5.73 Å². The quantitative estimate of drug-likeness (QED) is 0.751. The van der Waals surface area contributed by atoms with Crippen LogP contribution in [0.4, 0.5) is 0 Å². The third-order valence-electron chi connectivity index (χ3n) is 4.92. The molecule has 2 N–H and O–H groups in total. The summed E-state index contributed by atoms with van der Waals surface area (Å²) < 4.78 is 0. The number of hydrogen-bond acceptors (Lipinski definition) is 2. The highest BCUT2D eigenvalue weighted by atomic mass is 15.1. The van der Waals surface area contributed by atoms with Gasteiger partial charge in [0.25, 0.3) is 0 Å². The maximum Gasteiger partial charge on any atom is 0.000661 e. The molecule has 94 valence electrons. The normalized spacial score (nSPS) is 24.9. The second-order valence-corrected chi connectivity index (χ2v) is 6.22. The van der Waals surface area contributed by atoms with Crippen molar-refractivity contribution in [3.63, 3.8) is 0 Å². The first-order valence-electron chi connectivity index (χ1n) is 7.13. The first-order chi connectivity index (χ1) is 7.74. The first-order valence-corrected chi connectivity index (χ1v) is 7.13. The van der Waals surface area contributed by atoms with Crippen LogP contribution >= 0.6 is 0 Å². The molecule has 2 aliphatic carbocycles. The molecular weight excluding hydrogens is 196 g/mol. The molecule has 16 heavy (non-hydrogen) atoms. The second-order valence-electron chi connectivity index (χ2n) is 6.22. The van der Waals surface area contributed by atoms with E-state index in [-0.39, 0.29) is 0 Å². The van der Waals surface area contributed by atoms with Crippen LogP contribution in [-0.2, 0) is 0 Å². The minimum Gasteiger partial charge on any atom is -0.330 e. The van der Waals surface area contributed by atoms with Gasteiger partial charge in [-0.2, -0.15) is 0 Å². The van der Waals surface area contributed by atoms with E-state index >= 15 is 0 Å². The van der Waals surface area contributed by atoms with E-state index in [1.807, 2.05) is 0 Å². The van der Waals surface area contributed by atoms with Crippen molar-refractivity contribution in [3.05, 3.63) is 0 Å². The Morgan fingerprint density at radius 1 is 1.19 bits per heavy atom. The lowest BCUT2D eigenvalue weighted by atomic mass is 9.66. The Labute approximate surface area is 101 Å². The molecule has 0 saturated heterocycles. The molecule has 0 bridgehead atoms. The van der Waals surface area contributed by atoms with Crippen LogP contribution in [0.2, 0.25) is 0 Å². The lowest BCUT2D eigenvalue weighted by molar-refractivity contribution is 0.108. The van der Waals surface area contributed by atoms with Gasteiger partial charge >= 0.3 is 0 Å². The predicted octanol–water partition coefficient (Wildman–Crippen LogP) is 2.63. The van der Waals surface area contributed by atoms with Gasteiger partial charge in [0.15, 0.2) is 0 Å². The number of nitrogens with zero attached hydrogens (tertiary/aromatic N) is 1. The Bertz CT molecular complexity index is 199. The van der Waals surface area contributed by atoms with E-state index in [0.717, 1.165) is 12.5 Å². The van der Waals surface area contributed by atoms with Crippen molar-refractivity contribution in [1.29, 1.82) is 0 Å². The standard InChI is InChI=1S/C14H28N2/c1-16(11-13-5-2-3-6-13)10-9-14(12-15)7-4-8-14/h13H,2-12,15H2,1H3. The van der Waals surface area contributed by atoms with E-state index in [1.165, 1.54) is 64.5 Å². The summed E-state index contributed by atoms with van der Waals surface area (Å²) in [5.74, 6) is 0.986. The second kappa shape index (κ2) is 5.50. The highest BCUT2D eigenvalue weighted by molar-refractivity contribution is 4.89. The van der Waals surface area contributed by atoms with Gasteiger partial charge in [0.2, 0.25) is 0 Å². The fourth-order valence-electron chi connectivity index (χ4n) is 3.39. The van der Waals surface area contributed by atoms with Crippen LogP contribution in [0, 0.1) is 11.3 Å². The van der Waals surface area contributed by atoms with E-state index in [9.17, 15) is 0 Å². The summed E-state index contributed by atoms with van der Waals surface area (Å²) in [4.78, 5) is 2.55. The molecule has 2 rings (SSSR count). The van der Waals surface area contributed by atoms with Gasteiger partial charge in [0, 0.05) is 6.54 Å². The molecule has 2 saturated carbocycles. The predicted molar refractivity (Wildman–Crippen MR) is 69.4 cm³/mol. The highest BCUT2D eigenvalue weighted by Crippen LogP contribution is 2.42. The number of hydrogen-bond donors (Lipinski definition) is 1. The van der Waals surface area contributed by atoms with Crippen LogP contribution in [0.5, 0.6) is 0 Å². The molecule has 0 spiro atoms. The SMILES string of the molecule is CN(CCC1(CN)CCC1)CC1CCCC1. The van der Waals surface area contributed by atoms with Crippen molar-refractivity contribution in [3.8, 4) is 0 Å². The fraction of sp³-hybridized carbons (Fsp3) is 1.00. The summed E-state index contributed by atoms with van der Waals surface area (Å²) in [6.07, 6.45) is 11.3. The zero-order chi connectivity index (χ0) is 11.4. The molecule has 2 aliphatic rings. The first kappa shape index (κ1) is 12.4. The van der Waals surface area contributed by atoms with E-state index < -0.39 is 0 Å². The maximum atomic E-state index is 5.90. The van der Waals surface area contributed by atoms with Gasteiger partial charge < -0.3 is 10.6 Å². The molecule has 2 fully saturated rings. The summed E-state index contributed by atoms with van der Waals surface area (Å²) in [6.45, 7) is 3.48.